The zero-order valence-electron chi connectivity index (χ0n) is 12.9. The van der Waals surface area contributed by atoms with E-state index in [4.69, 9.17) is 11.6 Å². The maximum absolute atomic E-state index is 9.69. The van der Waals surface area contributed by atoms with Crippen LogP contribution < -0.4 is 0 Å². The van der Waals surface area contributed by atoms with Crippen molar-refractivity contribution < 1.29 is 0 Å². The summed E-state index contributed by atoms with van der Waals surface area (Å²) in [5.74, 6) is 1.48. The third-order valence-corrected chi connectivity index (χ3v) is 5.43. The summed E-state index contributed by atoms with van der Waals surface area (Å²) in [5, 5.41) is 14.8. The predicted octanol–water partition coefficient (Wildman–Crippen LogP) is 4.28. The molecule has 1 saturated carbocycles. The molecule has 20 heavy (non-hydrogen) atoms. The third kappa shape index (κ3) is 2.86. The highest BCUT2D eigenvalue weighted by atomic mass is 35.5. The maximum atomic E-state index is 9.69. The Morgan fingerprint density at radius 2 is 2.05 bits per heavy atom. The largest absolute Gasteiger partial charge is 0.271 e. The average molecular weight is 294 g/mol. The fourth-order valence-corrected chi connectivity index (χ4v) is 3.61. The van der Waals surface area contributed by atoms with E-state index >= 15 is 0 Å². The van der Waals surface area contributed by atoms with Crippen LogP contribution in [0, 0.1) is 35.5 Å². The molecule has 0 amide bonds. The lowest BCUT2D eigenvalue weighted by Gasteiger charge is -2.36. The Morgan fingerprint density at radius 3 is 2.45 bits per heavy atom. The van der Waals surface area contributed by atoms with E-state index in [1.54, 1.807) is 0 Å². The fourth-order valence-electron chi connectivity index (χ4n) is 3.38. The number of rotatable bonds is 3. The van der Waals surface area contributed by atoms with Gasteiger partial charge in [0.1, 0.15) is 0 Å². The number of aromatic nitrogens is 2. The summed E-state index contributed by atoms with van der Waals surface area (Å²) in [6.07, 6.45) is 4.99. The SMILES string of the molecule is Cc1nn(C)c(CC2(C#N)CCC(C(C)C)CC2)c1Cl. The molecule has 110 valence electrons. The molecular weight excluding hydrogens is 270 g/mol. The van der Waals surface area contributed by atoms with Crippen molar-refractivity contribution in [2.24, 2.45) is 24.3 Å². The van der Waals surface area contributed by atoms with E-state index in [0.717, 1.165) is 54.4 Å². The van der Waals surface area contributed by atoms with Gasteiger partial charge in [-0.2, -0.15) is 10.4 Å². The van der Waals surface area contributed by atoms with Gasteiger partial charge in [0.05, 0.1) is 27.9 Å². The van der Waals surface area contributed by atoms with Crippen molar-refractivity contribution >= 4 is 11.6 Å². The second kappa shape index (κ2) is 5.77. The summed E-state index contributed by atoms with van der Waals surface area (Å²) in [6, 6.07) is 2.59. The standard InChI is InChI=1S/C16H24ClN3/c1-11(2)13-5-7-16(10-18,8-6-13)9-14-15(17)12(3)19-20(14)4/h11,13H,5-9H2,1-4H3. The highest BCUT2D eigenvalue weighted by Gasteiger charge is 2.37. The summed E-state index contributed by atoms with van der Waals surface area (Å²) in [6.45, 7) is 6.48. The Hall–Kier alpha value is -1.01. The molecular formula is C16H24ClN3. The van der Waals surface area contributed by atoms with Gasteiger partial charge >= 0.3 is 0 Å². The van der Waals surface area contributed by atoms with Crippen molar-refractivity contribution in [2.75, 3.05) is 0 Å². The molecule has 1 heterocycles. The van der Waals surface area contributed by atoms with Crippen molar-refractivity contribution in [3.8, 4) is 6.07 Å². The van der Waals surface area contributed by atoms with Gasteiger partial charge in [-0.1, -0.05) is 25.4 Å². The molecule has 1 aliphatic carbocycles. The maximum Gasteiger partial charge on any atom is 0.0847 e. The molecule has 0 radical (unpaired) electrons. The molecule has 2 rings (SSSR count). The summed E-state index contributed by atoms with van der Waals surface area (Å²) in [4.78, 5) is 0. The van der Waals surface area contributed by atoms with Crippen LogP contribution in [0.15, 0.2) is 0 Å². The Labute approximate surface area is 126 Å². The molecule has 1 aromatic heterocycles. The Kier molecular flexibility index (Phi) is 4.44. The van der Waals surface area contributed by atoms with Gasteiger partial charge in [0.15, 0.2) is 0 Å². The first kappa shape index (κ1) is 15.4. The van der Waals surface area contributed by atoms with Gasteiger partial charge in [-0.05, 0) is 44.4 Å². The van der Waals surface area contributed by atoms with Gasteiger partial charge in [0, 0.05) is 13.5 Å². The van der Waals surface area contributed by atoms with Gasteiger partial charge in [0.25, 0.3) is 0 Å². The van der Waals surface area contributed by atoms with Crippen LogP contribution in [0.2, 0.25) is 5.02 Å². The molecule has 1 aliphatic rings. The van der Waals surface area contributed by atoms with Crippen molar-refractivity contribution in [1.82, 2.24) is 9.78 Å². The first-order valence-corrected chi connectivity index (χ1v) is 7.85. The van der Waals surface area contributed by atoms with Crippen molar-refractivity contribution in [3.05, 3.63) is 16.4 Å². The van der Waals surface area contributed by atoms with Gasteiger partial charge < -0.3 is 0 Å². The minimum absolute atomic E-state index is 0.255. The van der Waals surface area contributed by atoms with Crippen molar-refractivity contribution in [3.63, 3.8) is 0 Å². The zero-order valence-corrected chi connectivity index (χ0v) is 13.7. The zero-order chi connectivity index (χ0) is 14.9. The number of hydrogen-bond donors (Lipinski definition) is 0. The quantitative estimate of drug-likeness (QED) is 0.834. The van der Waals surface area contributed by atoms with Gasteiger partial charge in [0.2, 0.25) is 0 Å². The van der Waals surface area contributed by atoms with E-state index < -0.39 is 0 Å². The Balaban J connectivity index is 2.16. The van der Waals surface area contributed by atoms with E-state index in [0.29, 0.717) is 5.92 Å². The number of halogens is 1. The van der Waals surface area contributed by atoms with Crippen LogP contribution in [0.4, 0.5) is 0 Å². The smallest absolute Gasteiger partial charge is 0.0847 e. The number of nitrogens with zero attached hydrogens (tertiary/aromatic N) is 3. The lowest BCUT2D eigenvalue weighted by molar-refractivity contribution is 0.173. The number of aryl methyl sites for hydroxylation is 2. The average Bonchev–Trinajstić information content (AvgIpc) is 2.66. The minimum atomic E-state index is -0.255. The van der Waals surface area contributed by atoms with Gasteiger partial charge in [-0.25, -0.2) is 0 Å². The summed E-state index contributed by atoms with van der Waals surface area (Å²) < 4.78 is 1.84. The Bertz CT molecular complexity index is 517. The molecule has 0 N–H and O–H groups in total. The van der Waals surface area contributed by atoms with Crippen LogP contribution in [0.1, 0.15) is 50.9 Å². The highest BCUT2D eigenvalue weighted by Crippen LogP contribution is 2.44. The summed E-state index contributed by atoms with van der Waals surface area (Å²) >= 11 is 6.34. The molecule has 0 atom stereocenters. The van der Waals surface area contributed by atoms with E-state index in [1.165, 1.54) is 0 Å². The predicted molar refractivity (Wildman–Crippen MR) is 81.5 cm³/mol. The van der Waals surface area contributed by atoms with Gasteiger partial charge in [-0.3, -0.25) is 4.68 Å². The van der Waals surface area contributed by atoms with Crippen LogP contribution in [-0.4, -0.2) is 9.78 Å². The summed E-state index contributed by atoms with van der Waals surface area (Å²) in [5.41, 5.74) is 1.61. The number of nitriles is 1. The van der Waals surface area contributed by atoms with E-state index in [1.807, 2.05) is 18.7 Å². The lowest BCUT2D eigenvalue weighted by atomic mass is 9.67. The first-order valence-electron chi connectivity index (χ1n) is 7.48. The number of hydrogen-bond acceptors (Lipinski definition) is 2. The van der Waals surface area contributed by atoms with E-state index in [9.17, 15) is 5.26 Å². The molecule has 0 spiro atoms. The monoisotopic (exact) mass is 293 g/mol. The molecule has 0 saturated heterocycles. The second-order valence-electron chi connectivity index (χ2n) is 6.62. The van der Waals surface area contributed by atoms with Crippen LogP contribution >= 0.6 is 11.6 Å². The van der Waals surface area contributed by atoms with Crippen molar-refractivity contribution in [1.29, 1.82) is 5.26 Å². The molecule has 1 aromatic rings. The minimum Gasteiger partial charge on any atom is -0.271 e. The lowest BCUT2D eigenvalue weighted by Crippen LogP contribution is -2.30. The molecule has 0 bridgehead atoms. The normalized spacial score (nSPS) is 26.8. The third-order valence-electron chi connectivity index (χ3n) is 4.93. The van der Waals surface area contributed by atoms with Gasteiger partial charge in [-0.15, -0.1) is 0 Å². The molecule has 0 aromatic carbocycles. The van der Waals surface area contributed by atoms with Crippen LogP contribution in [0.25, 0.3) is 0 Å². The van der Waals surface area contributed by atoms with E-state index in [2.05, 4.69) is 25.0 Å². The molecule has 4 heteroatoms. The second-order valence-corrected chi connectivity index (χ2v) is 7.00. The van der Waals surface area contributed by atoms with E-state index in [-0.39, 0.29) is 5.41 Å². The fraction of sp³-hybridized carbons (Fsp3) is 0.750. The molecule has 3 nitrogen and oxygen atoms in total. The topological polar surface area (TPSA) is 41.6 Å². The van der Waals surface area contributed by atoms with Crippen LogP contribution in [-0.2, 0) is 13.5 Å². The molecule has 0 unspecified atom stereocenters. The molecule has 0 aliphatic heterocycles. The molecule has 1 fully saturated rings. The van der Waals surface area contributed by atoms with Crippen LogP contribution in [0.5, 0.6) is 0 Å². The summed E-state index contributed by atoms with van der Waals surface area (Å²) in [7, 11) is 1.92. The van der Waals surface area contributed by atoms with Crippen LogP contribution in [0.3, 0.4) is 0 Å². The highest BCUT2D eigenvalue weighted by molar-refractivity contribution is 6.31. The van der Waals surface area contributed by atoms with Crippen molar-refractivity contribution in [2.45, 2.75) is 52.9 Å². The Morgan fingerprint density at radius 1 is 1.45 bits per heavy atom. The first-order chi connectivity index (χ1) is 9.38.